The lowest BCUT2D eigenvalue weighted by Crippen LogP contribution is -2.50. The van der Waals surface area contributed by atoms with Gasteiger partial charge in [0.05, 0.1) is 17.8 Å². The minimum atomic E-state index is -2.11. The molecule has 7 heteroatoms. The van der Waals surface area contributed by atoms with E-state index in [1.54, 1.807) is 18.8 Å². The highest BCUT2D eigenvalue weighted by Crippen LogP contribution is 2.59. The molecular formula is C42H74O5Si2. The zero-order valence-corrected chi connectivity index (χ0v) is 36.3. The van der Waals surface area contributed by atoms with Crippen molar-refractivity contribution in [2.24, 2.45) is 23.2 Å². The molecule has 280 valence electrons. The van der Waals surface area contributed by atoms with E-state index in [2.05, 4.69) is 120 Å². The van der Waals surface area contributed by atoms with Crippen LogP contribution >= 0.6 is 0 Å². The van der Waals surface area contributed by atoms with E-state index in [0.717, 1.165) is 31.1 Å². The minimum absolute atomic E-state index is 0.0737. The lowest BCUT2D eigenvalue weighted by Gasteiger charge is -2.46. The smallest absolute Gasteiger partial charge is 0.192 e. The maximum atomic E-state index is 12.1. The molecule has 5 nitrogen and oxygen atoms in total. The standard InChI is InChI=1S/C42H74O5Si2/c1-31(18-16-25-41(8,9)45-30-44-11)35-22-23-36-33(19-17-26-42(35,36)10)21-20-32-28-37(46-48(12,13)39(2,3)4)34(24-27-43)38(29-32)47-49(14,15)40(5,6)7/h16,18,20-21,24,27,31,35-38H,17,19,22-23,25-26,28-30H2,1-15H3/b18-16+,32-20?,33-21+,34-24?/t31-,35?,36?,37-,38-,42?/m1/s1. The van der Waals surface area contributed by atoms with Crippen LogP contribution in [0.3, 0.4) is 0 Å². The van der Waals surface area contributed by atoms with Crippen molar-refractivity contribution >= 4 is 22.9 Å². The second-order valence-corrected chi connectivity index (χ2v) is 28.9. The first-order valence-electron chi connectivity index (χ1n) is 19.2. The van der Waals surface area contributed by atoms with Gasteiger partial charge >= 0.3 is 0 Å². The Labute approximate surface area is 304 Å². The van der Waals surface area contributed by atoms with E-state index in [-0.39, 0.29) is 27.9 Å². The van der Waals surface area contributed by atoms with Crippen LogP contribution in [0.15, 0.2) is 47.1 Å². The Morgan fingerprint density at radius 1 is 0.878 bits per heavy atom. The Morgan fingerprint density at radius 2 is 1.45 bits per heavy atom. The lowest BCUT2D eigenvalue weighted by molar-refractivity contribution is -0.112. The normalized spacial score (nSPS) is 29.0. The van der Waals surface area contributed by atoms with Crippen LogP contribution in [0.25, 0.3) is 0 Å². The number of hydrogen-bond donors (Lipinski definition) is 0. The Hall–Kier alpha value is -1.10. The molecule has 0 amide bonds. The van der Waals surface area contributed by atoms with Gasteiger partial charge in [-0.25, -0.2) is 0 Å². The van der Waals surface area contributed by atoms with Crippen molar-refractivity contribution in [3.63, 3.8) is 0 Å². The SMILES string of the molecule is COCOC(C)(C)C/C=C/[C@@H](C)C1CCC2/C(=C/C=C3C[C@@H](O[Si](C)(C)C(C)(C)C)C(=CC=O)[C@H](O[Si](C)(C)C(C)(C)C)C3)CCCC21C. The van der Waals surface area contributed by atoms with Crippen LogP contribution in [0.5, 0.6) is 0 Å². The topological polar surface area (TPSA) is 54.0 Å². The van der Waals surface area contributed by atoms with Gasteiger partial charge in [-0.1, -0.05) is 90.8 Å². The van der Waals surface area contributed by atoms with Gasteiger partial charge in [0.25, 0.3) is 0 Å². The number of carbonyl (C=O) groups is 1. The molecule has 0 aromatic rings. The van der Waals surface area contributed by atoms with Crippen molar-refractivity contribution in [1.29, 1.82) is 0 Å². The predicted octanol–water partition coefficient (Wildman–Crippen LogP) is 11.7. The second-order valence-electron chi connectivity index (χ2n) is 19.4. The van der Waals surface area contributed by atoms with Crippen molar-refractivity contribution < 1.29 is 23.1 Å². The molecule has 0 bridgehead atoms. The van der Waals surface area contributed by atoms with Gasteiger partial charge in [0.2, 0.25) is 0 Å². The number of methoxy groups -OCH3 is 1. The summed E-state index contributed by atoms with van der Waals surface area (Å²) in [5.41, 5.74) is 4.15. The summed E-state index contributed by atoms with van der Waals surface area (Å²) in [4.78, 5) is 12.1. The summed E-state index contributed by atoms with van der Waals surface area (Å²) in [6, 6.07) is 0. The van der Waals surface area contributed by atoms with Gasteiger partial charge in [0.1, 0.15) is 13.1 Å². The molecule has 3 aliphatic rings. The third-order valence-corrected chi connectivity index (χ3v) is 22.2. The fraction of sp³-hybridized carbons (Fsp3) is 0.786. The van der Waals surface area contributed by atoms with Gasteiger partial charge in [-0.3, -0.25) is 4.79 Å². The first-order valence-corrected chi connectivity index (χ1v) is 25.0. The zero-order chi connectivity index (χ0) is 37.1. The highest BCUT2D eigenvalue weighted by molar-refractivity contribution is 6.74. The van der Waals surface area contributed by atoms with E-state index in [1.807, 2.05) is 0 Å². The predicted molar refractivity (Wildman–Crippen MR) is 212 cm³/mol. The van der Waals surface area contributed by atoms with Crippen molar-refractivity contribution in [2.75, 3.05) is 13.9 Å². The zero-order valence-electron chi connectivity index (χ0n) is 34.3. The number of ether oxygens (including phenoxy) is 2. The molecule has 0 aliphatic heterocycles. The monoisotopic (exact) mass is 715 g/mol. The van der Waals surface area contributed by atoms with Crippen molar-refractivity contribution in [3.05, 3.63) is 47.1 Å². The molecule has 0 N–H and O–H groups in total. The Balaban J connectivity index is 1.90. The molecule has 3 saturated carbocycles. The summed E-state index contributed by atoms with van der Waals surface area (Å²) < 4.78 is 25.3. The minimum Gasteiger partial charge on any atom is -0.410 e. The van der Waals surface area contributed by atoms with Crippen molar-refractivity contribution in [1.82, 2.24) is 0 Å². The fourth-order valence-electron chi connectivity index (χ4n) is 8.06. The fourth-order valence-corrected chi connectivity index (χ4v) is 10.6. The summed E-state index contributed by atoms with van der Waals surface area (Å²) in [5.74, 6) is 1.85. The lowest BCUT2D eigenvalue weighted by atomic mass is 9.61. The average molecular weight is 715 g/mol. The van der Waals surface area contributed by atoms with Crippen LogP contribution in [0.2, 0.25) is 36.3 Å². The van der Waals surface area contributed by atoms with Crippen molar-refractivity contribution in [2.45, 2.75) is 175 Å². The van der Waals surface area contributed by atoms with Gasteiger partial charge in [0.15, 0.2) is 16.6 Å². The number of carbonyl (C=O) groups excluding carboxylic acids is 1. The molecule has 3 aliphatic carbocycles. The molecule has 49 heavy (non-hydrogen) atoms. The number of rotatable bonds is 13. The third kappa shape index (κ3) is 10.5. The van der Waals surface area contributed by atoms with Gasteiger partial charge in [-0.15, -0.1) is 0 Å². The van der Waals surface area contributed by atoms with Crippen molar-refractivity contribution in [3.8, 4) is 0 Å². The van der Waals surface area contributed by atoms with Gasteiger partial charge in [-0.2, -0.15) is 0 Å². The Morgan fingerprint density at radius 3 is 1.96 bits per heavy atom. The maximum absolute atomic E-state index is 12.1. The molecule has 3 rings (SSSR count). The molecule has 6 atom stereocenters. The van der Waals surface area contributed by atoms with Gasteiger partial charge in [0, 0.05) is 7.11 Å². The van der Waals surface area contributed by atoms with Gasteiger partial charge < -0.3 is 18.3 Å². The molecule has 0 aromatic heterocycles. The largest absolute Gasteiger partial charge is 0.410 e. The first kappa shape index (κ1) is 42.3. The molecule has 3 fully saturated rings. The molecule has 0 saturated heterocycles. The van der Waals surface area contributed by atoms with Crippen LogP contribution in [-0.4, -0.2) is 54.6 Å². The summed E-state index contributed by atoms with van der Waals surface area (Å²) in [7, 11) is -2.54. The molecule has 0 radical (unpaired) electrons. The highest BCUT2D eigenvalue weighted by atomic mass is 28.4. The van der Waals surface area contributed by atoms with E-state index in [9.17, 15) is 4.79 Å². The maximum Gasteiger partial charge on any atom is 0.192 e. The quantitative estimate of drug-likeness (QED) is 0.0625. The summed E-state index contributed by atoms with van der Waals surface area (Å²) in [6.45, 7) is 32.6. The third-order valence-electron chi connectivity index (χ3n) is 13.2. The van der Waals surface area contributed by atoms with Crippen LogP contribution in [0, 0.1) is 23.2 Å². The molecule has 0 spiro atoms. The van der Waals surface area contributed by atoms with E-state index in [1.165, 1.54) is 37.7 Å². The van der Waals surface area contributed by atoms with E-state index in [4.69, 9.17) is 18.3 Å². The molecule has 0 aromatic carbocycles. The number of aldehydes is 1. The summed E-state index contributed by atoms with van der Waals surface area (Å²) in [6.07, 6.45) is 21.0. The summed E-state index contributed by atoms with van der Waals surface area (Å²) in [5, 5.41) is 0.147. The first-order chi connectivity index (χ1) is 22.5. The number of allylic oxidation sites excluding steroid dienone is 5. The van der Waals surface area contributed by atoms with E-state index < -0.39 is 16.6 Å². The Bertz CT molecular complexity index is 1200. The van der Waals surface area contributed by atoms with E-state index >= 15 is 0 Å². The van der Waals surface area contributed by atoms with Crippen LogP contribution in [0.1, 0.15) is 121 Å². The second kappa shape index (κ2) is 16.3. The Kier molecular flexibility index (Phi) is 14.1. The van der Waals surface area contributed by atoms with Crippen LogP contribution < -0.4 is 0 Å². The van der Waals surface area contributed by atoms with Crippen LogP contribution in [-0.2, 0) is 23.1 Å². The number of hydrogen-bond acceptors (Lipinski definition) is 5. The molecule has 3 unspecified atom stereocenters. The van der Waals surface area contributed by atoms with Gasteiger partial charge in [-0.05, 0) is 136 Å². The molecular weight excluding hydrogens is 641 g/mol. The van der Waals surface area contributed by atoms with E-state index in [0.29, 0.717) is 30.0 Å². The van der Waals surface area contributed by atoms with Crippen LogP contribution in [0.4, 0.5) is 0 Å². The molecule has 0 heterocycles. The number of fused-ring (bicyclic) bond motifs is 1. The average Bonchev–Trinajstić information content (AvgIpc) is 3.32. The summed E-state index contributed by atoms with van der Waals surface area (Å²) >= 11 is 0. The highest BCUT2D eigenvalue weighted by Gasteiger charge is 2.50.